The molecule has 1 aliphatic rings. The zero-order valence-electron chi connectivity index (χ0n) is 17.7. The molecular weight excluding hydrogens is 453 g/mol. The lowest BCUT2D eigenvalue weighted by Crippen LogP contribution is -2.19. The number of fused-ring (bicyclic) bond motifs is 1. The Morgan fingerprint density at radius 3 is 2.79 bits per heavy atom. The molecule has 170 valence electrons. The summed E-state index contributed by atoms with van der Waals surface area (Å²) in [5.74, 6) is 6.05. The third kappa shape index (κ3) is 5.48. The molecule has 3 aromatic rings. The number of nitrogens with zero attached hydrogens (tertiary/aromatic N) is 3. The Bertz CT molecular complexity index is 1260. The molecule has 3 heterocycles. The number of alkyl halides is 3. The molecule has 0 radical (unpaired) electrons. The second-order valence-corrected chi connectivity index (χ2v) is 8.58. The first-order valence-corrected chi connectivity index (χ1v) is 10.6. The van der Waals surface area contributed by atoms with Gasteiger partial charge in [-0.25, -0.2) is 15.4 Å². The summed E-state index contributed by atoms with van der Waals surface area (Å²) in [4.78, 5) is 23.1. The third-order valence-electron chi connectivity index (χ3n) is 4.67. The smallest absolute Gasteiger partial charge is 0.305 e. The van der Waals surface area contributed by atoms with Crippen LogP contribution in [0.15, 0.2) is 36.7 Å². The Morgan fingerprint density at radius 2 is 2.03 bits per heavy atom. The number of aromatic nitrogens is 2. The predicted molar refractivity (Wildman–Crippen MR) is 120 cm³/mol. The molecule has 0 saturated heterocycles. The summed E-state index contributed by atoms with van der Waals surface area (Å²) >= 11 is 1.13. The molecular formula is C22H19F3N6OS. The van der Waals surface area contributed by atoms with E-state index < -0.39 is 17.6 Å². The van der Waals surface area contributed by atoms with Crippen molar-refractivity contribution in [2.24, 2.45) is 0 Å². The van der Waals surface area contributed by atoms with Crippen molar-refractivity contribution < 1.29 is 18.0 Å². The fraction of sp³-hybridized carbons (Fsp3) is 0.227. The number of anilines is 2. The summed E-state index contributed by atoms with van der Waals surface area (Å²) in [5.41, 5.74) is 6.82. The highest BCUT2D eigenvalue weighted by Crippen LogP contribution is 2.33. The van der Waals surface area contributed by atoms with Crippen molar-refractivity contribution in [3.63, 3.8) is 0 Å². The fourth-order valence-electron chi connectivity index (χ4n) is 3.20. The van der Waals surface area contributed by atoms with E-state index in [-0.39, 0.29) is 22.8 Å². The number of carbonyl (C=O) groups excluding carboxylic acids is 1. The number of pyridine rings is 1. The van der Waals surface area contributed by atoms with Crippen LogP contribution in [-0.4, -0.2) is 34.9 Å². The van der Waals surface area contributed by atoms with E-state index in [1.54, 1.807) is 25.2 Å². The maximum atomic E-state index is 13.5. The number of amides is 1. The van der Waals surface area contributed by atoms with E-state index >= 15 is 0 Å². The van der Waals surface area contributed by atoms with Crippen molar-refractivity contribution in [3.05, 3.63) is 69.4 Å². The molecule has 1 aliphatic heterocycles. The second-order valence-electron chi connectivity index (χ2n) is 7.55. The zero-order valence-corrected chi connectivity index (χ0v) is 18.5. The van der Waals surface area contributed by atoms with Crippen LogP contribution in [0, 0.1) is 11.8 Å². The average molecular weight is 472 g/mol. The maximum absolute atomic E-state index is 13.5. The van der Waals surface area contributed by atoms with E-state index in [2.05, 4.69) is 38.0 Å². The van der Waals surface area contributed by atoms with Gasteiger partial charge in [0.1, 0.15) is 5.82 Å². The Hall–Kier alpha value is -3.46. The minimum atomic E-state index is -4.57. The van der Waals surface area contributed by atoms with Gasteiger partial charge in [-0.2, -0.15) is 13.2 Å². The van der Waals surface area contributed by atoms with Crippen LogP contribution in [-0.2, 0) is 19.3 Å². The number of rotatable bonds is 4. The quantitative estimate of drug-likeness (QED) is 0.503. The highest BCUT2D eigenvalue weighted by molar-refractivity contribution is 7.16. The molecule has 33 heavy (non-hydrogen) atoms. The van der Waals surface area contributed by atoms with Gasteiger partial charge in [-0.3, -0.25) is 10.1 Å². The first-order valence-electron chi connectivity index (χ1n) is 9.81. The molecule has 0 saturated carbocycles. The Labute approximate surface area is 192 Å². The molecule has 0 aliphatic carbocycles. The minimum Gasteiger partial charge on any atom is -0.305 e. The third-order valence-corrected chi connectivity index (χ3v) is 5.50. The highest BCUT2D eigenvalue weighted by Gasteiger charge is 2.34. The first-order chi connectivity index (χ1) is 15.7. The standard InChI is InChI=1S/C22H19F3N6OS/c1-31(2)12-15-5-4-14(8-18(15)22(23,24)25)20(32)29-21-27-11-17(33-21)6-3-13-7-16-10-28-30-19(16)26-9-13/h4-5,7-9,11,28H,10,12H2,1-2H3,(H,26,30)(H,27,29,32). The molecule has 4 rings (SSSR count). The Kier molecular flexibility index (Phi) is 6.33. The van der Waals surface area contributed by atoms with Gasteiger partial charge in [0.2, 0.25) is 0 Å². The van der Waals surface area contributed by atoms with Gasteiger partial charge in [0.15, 0.2) is 5.13 Å². The number of hydrogen-bond donors (Lipinski definition) is 3. The summed E-state index contributed by atoms with van der Waals surface area (Å²) in [5, 5.41) is 2.79. The highest BCUT2D eigenvalue weighted by atomic mass is 32.1. The van der Waals surface area contributed by atoms with Gasteiger partial charge in [0.25, 0.3) is 5.91 Å². The number of thiazole rings is 1. The Morgan fingerprint density at radius 1 is 1.21 bits per heavy atom. The molecule has 3 N–H and O–H groups in total. The Balaban J connectivity index is 1.48. The van der Waals surface area contributed by atoms with Gasteiger partial charge < -0.3 is 10.3 Å². The predicted octanol–water partition coefficient (Wildman–Crippen LogP) is 3.70. The van der Waals surface area contributed by atoms with Crippen LogP contribution in [0.25, 0.3) is 0 Å². The lowest BCUT2D eigenvalue weighted by atomic mass is 10.0. The zero-order chi connectivity index (χ0) is 23.6. The van der Waals surface area contributed by atoms with Gasteiger partial charge in [-0.15, -0.1) is 0 Å². The number of nitrogens with one attached hydrogen (secondary N) is 3. The average Bonchev–Trinajstić information content (AvgIpc) is 3.40. The van der Waals surface area contributed by atoms with Crippen LogP contribution in [0.5, 0.6) is 0 Å². The van der Waals surface area contributed by atoms with E-state index in [1.165, 1.54) is 18.3 Å². The summed E-state index contributed by atoms with van der Waals surface area (Å²) in [6, 6.07) is 5.49. The van der Waals surface area contributed by atoms with Crippen molar-refractivity contribution in [2.75, 3.05) is 24.8 Å². The summed E-state index contributed by atoms with van der Waals surface area (Å²) < 4.78 is 40.4. The van der Waals surface area contributed by atoms with E-state index in [4.69, 9.17) is 0 Å². The maximum Gasteiger partial charge on any atom is 0.416 e. The van der Waals surface area contributed by atoms with Crippen molar-refractivity contribution in [3.8, 4) is 11.8 Å². The number of benzene rings is 1. The number of halogens is 3. The molecule has 0 bridgehead atoms. The van der Waals surface area contributed by atoms with E-state index in [0.717, 1.165) is 34.3 Å². The molecule has 0 fully saturated rings. The van der Waals surface area contributed by atoms with Crippen LogP contribution in [0.3, 0.4) is 0 Å². The summed E-state index contributed by atoms with van der Waals surface area (Å²) in [7, 11) is 3.36. The molecule has 2 aromatic heterocycles. The van der Waals surface area contributed by atoms with Crippen LogP contribution < -0.4 is 16.2 Å². The van der Waals surface area contributed by atoms with Gasteiger partial charge in [-0.05, 0) is 43.8 Å². The summed E-state index contributed by atoms with van der Waals surface area (Å²) in [6.45, 7) is 0.763. The van der Waals surface area contributed by atoms with Gasteiger partial charge in [0, 0.05) is 36.0 Å². The molecule has 0 unspecified atom stereocenters. The van der Waals surface area contributed by atoms with Crippen LogP contribution >= 0.6 is 11.3 Å². The molecule has 1 aromatic carbocycles. The van der Waals surface area contributed by atoms with E-state index in [9.17, 15) is 18.0 Å². The monoisotopic (exact) mass is 472 g/mol. The SMILES string of the molecule is CN(C)Cc1ccc(C(=O)Nc2ncc(C#Cc3cnc4c(c3)CNN4)s2)cc1C(F)(F)F. The summed E-state index contributed by atoms with van der Waals surface area (Å²) in [6.07, 6.45) is -1.42. The molecule has 0 atom stereocenters. The molecule has 11 heteroatoms. The topological polar surface area (TPSA) is 82.2 Å². The number of carbonyl (C=O) groups is 1. The van der Waals surface area contributed by atoms with Crippen molar-refractivity contribution in [1.82, 2.24) is 20.3 Å². The normalized spacial score (nSPS) is 12.7. The van der Waals surface area contributed by atoms with Crippen LogP contribution in [0.1, 0.15) is 37.5 Å². The van der Waals surface area contributed by atoms with Gasteiger partial charge in [-0.1, -0.05) is 23.3 Å². The second kappa shape index (κ2) is 9.19. The van der Waals surface area contributed by atoms with Gasteiger partial charge >= 0.3 is 6.18 Å². The van der Waals surface area contributed by atoms with Crippen LogP contribution in [0.4, 0.5) is 24.1 Å². The largest absolute Gasteiger partial charge is 0.416 e. The van der Waals surface area contributed by atoms with Crippen molar-refractivity contribution in [2.45, 2.75) is 19.3 Å². The lowest BCUT2D eigenvalue weighted by molar-refractivity contribution is -0.138. The number of hydrazine groups is 1. The first kappa shape index (κ1) is 22.7. The van der Waals surface area contributed by atoms with Crippen molar-refractivity contribution >= 4 is 28.2 Å². The number of hydrogen-bond acceptors (Lipinski definition) is 7. The van der Waals surface area contributed by atoms with E-state index in [0.29, 0.717) is 11.4 Å². The molecule has 7 nitrogen and oxygen atoms in total. The fourth-order valence-corrected chi connectivity index (χ4v) is 3.87. The van der Waals surface area contributed by atoms with Gasteiger partial charge in [0.05, 0.1) is 16.6 Å². The minimum absolute atomic E-state index is 0.0981. The molecule has 1 amide bonds. The van der Waals surface area contributed by atoms with Crippen molar-refractivity contribution in [1.29, 1.82) is 0 Å². The van der Waals surface area contributed by atoms with E-state index in [1.807, 2.05) is 6.07 Å². The van der Waals surface area contributed by atoms with Crippen LogP contribution in [0.2, 0.25) is 0 Å². The lowest BCUT2D eigenvalue weighted by Gasteiger charge is -2.17. The molecule has 0 spiro atoms.